The first-order valence-corrected chi connectivity index (χ1v) is 9.67. The molecule has 3 aromatic rings. The Bertz CT molecular complexity index is 1060. The van der Waals surface area contributed by atoms with Crippen molar-refractivity contribution in [3.05, 3.63) is 71.1 Å². The van der Waals surface area contributed by atoms with Crippen LogP contribution in [0.2, 0.25) is 5.02 Å². The normalized spacial score (nSPS) is 11.3. The number of carbonyl (C=O) groups is 1. The molecule has 1 heterocycles. The van der Waals surface area contributed by atoms with Gasteiger partial charge < -0.3 is 9.15 Å². The Morgan fingerprint density at radius 1 is 1.22 bits per heavy atom. The van der Waals surface area contributed by atoms with Crippen molar-refractivity contribution in [3.8, 4) is 11.5 Å². The third-order valence-electron chi connectivity index (χ3n) is 3.66. The van der Waals surface area contributed by atoms with Gasteiger partial charge in [0, 0.05) is 5.56 Å². The maximum absolute atomic E-state index is 12.3. The van der Waals surface area contributed by atoms with E-state index in [-0.39, 0.29) is 22.1 Å². The monoisotopic (exact) mass is 406 g/mol. The quantitative estimate of drug-likeness (QED) is 0.631. The fourth-order valence-electron chi connectivity index (χ4n) is 2.25. The van der Waals surface area contributed by atoms with Crippen molar-refractivity contribution in [1.82, 2.24) is 9.71 Å². The zero-order valence-electron chi connectivity index (χ0n) is 14.2. The number of ether oxygens (including phenoxy) is 1. The number of oxazole rings is 1. The lowest BCUT2D eigenvalue weighted by Crippen LogP contribution is -2.19. The molecule has 27 heavy (non-hydrogen) atoms. The Morgan fingerprint density at radius 3 is 2.67 bits per heavy atom. The van der Waals surface area contributed by atoms with Crippen molar-refractivity contribution < 1.29 is 22.4 Å². The fraction of sp³-hybridized carbons (Fsp3) is 0.111. The Balaban J connectivity index is 1.73. The van der Waals surface area contributed by atoms with Gasteiger partial charge in [-0.1, -0.05) is 29.8 Å². The molecule has 7 nitrogen and oxygen atoms in total. The molecule has 0 spiro atoms. The highest BCUT2D eigenvalue weighted by Gasteiger charge is 2.19. The number of esters is 1. The molecule has 0 aliphatic rings. The summed E-state index contributed by atoms with van der Waals surface area (Å²) < 4.78 is 36.5. The lowest BCUT2D eigenvalue weighted by Gasteiger charge is -2.08. The largest absolute Gasteiger partial charge is 0.455 e. The lowest BCUT2D eigenvalue weighted by molar-refractivity contribution is 0.0467. The van der Waals surface area contributed by atoms with E-state index in [0.29, 0.717) is 11.6 Å². The van der Waals surface area contributed by atoms with Crippen LogP contribution in [0.4, 0.5) is 0 Å². The minimum atomic E-state index is -3.71. The van der Waals surface area contributed by atoms with Gasteiger partial charge in [-0.3, -0.25) is 0 Å². The lowest BCUT2D eigenvalue weighted by atomic mass is 10.2. The van der Waals surface area contributed by atoms with Crippen molar-refractivity contribution in [2.24, 2.45) is 0 Å². The molecule has 0 bridgehead atoms. The highest BCUT2D eigenvalue weighted by molar-refractivity contribution is 7.89. The van der Waals surface area contributed by atoms with Gasteiger partial charge >= 0.3 is 5.97 Å². The van der Waals surface area contributed by atoms with E-state index in [1.807, 2.05) is 30.3 Å². The van der Waals surface area contributed by atoms with Gasteiger partial charge in [-0.25, -0.2) is 22.9 Å². The number of nitrogens with one attached hydrogen (secondary N) is 1. The second kappa shape index (κ2) is 7.91. The summed E-state index contributed by atoms with van der Waals surface area (Å²) in [7, 11) is -2.43. The number of hydrogen-bond acceptors (Lipinski definition) is 6. The SMILES string of the molecule is CNS(=O)(=O)c1ccc(Cl)c(C(=O)OCc2coc(-c3ccccc3)n2)c1. The van der Waals surface area contributed by atoms with Gasteiger partial charge in [-0.05, 0) is 37.4 Å². The average Bonchev–Trinajstić information content (AvgIpc) is 3.16. The predicted molar refractivity (Wildman–Crippen MR) is 98.8 cm³/mol. The molecule has 3 rings (SSSR count). The van der Waals surface area contributed by atoms with E-state index in [1.165, 1.54) is 25.4 Å². The molecule has 9 heteroatoms. The summed E-state index contributed by atoms with van der Waals surface area (Å²) in [5.74, 6) is -0.362. The van der Waals surface area contributed by atoms with Gasteiger partial charge in [0.1, 0.15) is 18.6 Å². The maximum Gasteiger partial charge on any atom is 0.340 e. The van der Waals surface area contributed by atoms with Crippen LogP contribution in [0, 0.1) is 0 Å². The summed E-state index contributed by atoms with van der Waals surface area (Å²) in [5.41, 5.74) is 1.15. The number of carbonyl (C=O) groups excluding carboxylic acids is 1. The molecule has 0 saturated carbocycles. The molecular weight excluding hydrogens is 392 g/mol. The van der Waals surface area contributed by atoms with Crippen molar-refractivity contribution in [1.29, 1.82) is 0 Å². The van der Waals surface area contributed by atoms with Crippen molar-refractivity contribution >= 4 is 27.6 Å². The zero-order chi connectivity index (χ0) is 19.4. The van der Waals surface area contributed by atoms with Crippen LogP contribution in [0.25, 0.3) is 11.5 Å². The Morgan fingerprint density at radius 2 is 1.96 bits per heavy atom. The van der Waals surface area contributed by atoms with Gasteiger partial charge in [0.05, 0.1) is 15.5 Å². The first kappa shape index (κ1) is 19.1. The summed E-state index contributed by atoms with van der Waals surface area (Å²) in [6.45, 7) is -0.144. The molecule has 140 valence electrons. The molecule has 0 amide bonds. The number of benzene rings is 2. The zero-order valence-corrected chi connectivity index (χ0v) is 15.8. The molecule has 0 saturated heterocycles. The Labute approximate surface area is 161 Å². The highest BCUT2D eigenvalue weighted by atomic mass is 35.5. The molecular formula is C18H15ClN2O5S. The summed E-state index contributed by atoms with van der Waals surface area (Å²) in [4.78, 5) is 16.5. The number of sulfonamides is 1. The minimum absolute atomic E-state index is 0.0558. The highest BCUT2D eigenvalue weighted by Crippen LogP contribution is 2.22. The topological polar surface area (TPSA) is 98.5 Å². The average molecular weight is 407 g/mol. The van der Waals surface area contributed by atoms with E-state index in [2.05, 4.69) is 9.71 Å². The van der Waals surface area contributed by atoms with E-state index < -0.39 is 16.0 Å². The number of halogens is 1. The van der Waals surface area contributed by atoms with E-state index in [1.54, 1.807) is 0 Å². The molecule has 0 fully saturated rings. The van der Waals surface area contributed by atoms with Gasteiger partial charge in [-0.2, -0.15) is 0 Å². The third kappa shape index (κ3) is 4.36. The second-order valence-electron chi connectivity index (χ2n) is 5.44. The first-order chi connectivity index (χ1) is 12.9. The summed E-state index contributed by atoms with van der Waals surface area (Å²) in [5, 5.41) is 0.0835. The molecule has 2 aromatic carbocycles. The van der Waals surface area contributed by atoms with E-state index in [9.17, 15) is 13.2 Å². The second-order valence-corrected chi connectivity index (χ2v) is 7.73. The van der Waals surface area contributed by atoms with Gasteiger partial charge in [-0.15, -0.1) is 0 Å². The van der Waals surface area contributed by atoms with Gasteiger partial charge in [0.15, 0.2) is 0 Å². The van der Waals surface area contributed by atoms with Crippen molar-refractivity contribution in [2.75, 3.05) is 7.05 Å². The molecule has 0 atom stereocenters. The van der Waals surface area contributed by atoms with E-state index in [0.717, 1.165) is 11.6 Å². The van der Waals surface area contributed by atoms with Gasteiger partial charge in [0.25, 0.3) is 0 Å². The standard InChI is InChI=1S/C18H15ClN2O5S/c1-20-27(23,24)14-7-8-16(19)15(9-14)18(22)26-11-13-10-25-17(21-13)12-5-3-2-4-6-12/h2-10,20H,11H2,1H3. The number of hydrogen-bond donors (Lipinski definition) is 1. The van der Waals surface area contributed by atoms with Crippen LogP contribution in [0.15, 0.2) is 64.1 Å². The molecule has 0 radical (unpaired) electrons. The summed E-state index contributed by atoms with van der Waals surface area (Å²) in [6, 6.07) is 13.1. The van der Waals surface area contributed by atoms with Crippen LogP contribution < -0.4 is 4.72 Å². The van der Waals surface area contributed by atoms with Crippen molar-refractivity contribution in [3.63, 3.8) is 0 Å². The predicted octanol–water partition coefficient (Wildman–Crippen LogP) is 3.26. The van der Waals surface area contributed by atoms with Crippen LogP contribution in [0.5, 0.6) is 0 Å². The molecule has 0 unspecified atom stereocenters. The first-order valence-electron chi connectivity index (χ1n) is 7.81. The van der Waals surface area contributed by atoms with Crippen LogP contribution in [-0.2, 0) is 21.4 Å². The van der Waals surface area contributed by atoms with Crippen LogP contribution in [0.3, 0.4) is 0 Å². The molecule has 0 aliphatic carbocycles. The number of rotatable bonds is 6. The van der Waals surface area contributed by atoms with E-state index in [4.69, 9.17) is 20.8 Å². The summed E-state index contributed by atoms with van der Waals surface area (Å²) >= 11 is 6.00. The summed E-state index contributed by atoms with van der Waals surface area (Å²) in [6.07, 6.45) is 1.39. The molecule has 1 aromatic heterocycles. The van der Waals surface area contributed by atoms with E-state index >= 15 is 0 Å². The smallest absolute Gasteiger partial charge is 0.340 e. The van der Waals surface area contributed by atoms with Gasteiger partial charge in [0.2, 0.25) is 15.9 Å². The fourth-order valence-corrected chi connectivity index (χ4v) is 3.20. The number of aromatic nitrogens is 1. The Hall–Kier alpha value is -2.68. The number of nitrogens with zero attached hydrogens (tertiary/aromatic N) is 1. The van der Waals surface area contributed by atoms with Crippen LogP contribution in [-0.4, -0.2) is 26.4 Å². The maximum atomic E-state index is 12.3. The van der Waals surface area contributed by atoms with Crippen LogP contribution >= 0.6 is 11.6 Å². The van der Waals surface area contributed by atoms with Crippen molar-refractivity contribution in [2.45, 2.75) is 11.5 Å². The molecule has 0 aliphatic heterocycles. The van der Waals surface area contributed by atoms with Crippen LogP contribution in [0.1, 0.15) is 16.1 Å². The Kier molecular flexibility index (Phi) is 5.59. The molecule has 1 N–H and O–H groups in total. The third-order valence-corrected chi connectivity index (χ3v) is 5.40. The minimum Gasteiger partial charge on any atom is -0.455 e.